The van der Waals surface area contributed by atoms with Gasteiger partial charge in [-0.1, -0.05) is 26.7 Å². The van der Waals surface area contributed by atoms with Crippen molar-refractivity contribution in [1.29, 1.82) is 0 Å². The van der Waals surface area contributed by atoms with Crippen LogP contribution in [-0.4, -0.2) is 23.0 Å². The second-order valence-corrected chi connectivity index (χ2v) is 5.18. The van der Waals surface area contributed by atoms with Gasteiger partial charge >= 0.3 is 5.97 Å². The number of hydrogen-bond acceptors (Lipinski definition) is 2. The van der Waals surface area contributed by atoms with Crippen LogP contribution in [0.25, 0.3) is 0 Å². The van der Waals surface area contributed by atoms with E-state index in [-0.39, 0.29) is 17.9 Å². The van der Waals surface area contributed by atoms with Gasteiger partial charge in [-0.25, -0.2) is 0 Å². The number of carboxylic acid groups (broad SMARTS) is 1. The third-order valence-corrected chi connectivity index (χ3v) is 3.54. The lowest BCUT2D eigenvalue weighted by Crippen LogP contribution is -2.53. The molecule has 1 rings (SSSR count). The minimum Gasteiger partial charge on any atom is -0.481 e. The fourth-order valence-electron chi connectivity index (χ4n) is 2.16. The molecule has 1 aliphatic rings. The molecule has 1 fully saturated rings. The summed E-state index contributed by atoms with van der Waals surface area (Å²) < 4.78 is 0. The van der Waals surface area contributed by atoms with Crippen LogP contribution in [0.15, 0.2) is 0 Å². The zero-order valence-corrected chi connectivity index (χ0v) is 10.2. The number of carbonyl (C=O) groups is 2. The van der Waals surface area contributed by atoms with E-state index in [1.54, 1.807) is 6.92 Å². The SMILES string of the molecule is CC(C)C(=O)NC1CCCCC1(C)C(=O)O. The van der Waals surface area contributed by atoms with Gasteiger partial charge in [0.15, 0.2) is 0 Å². The Balaban J connectivity index is 2.75. The summed E-state index contributed by atoms with van der Waals surface area (Å²) in [4.78, 5) is 22.9. The third kappa shape index (κ3) is 2.54. The van der Waals surface area contributed by atoms with E-state index in [2.05, 4.69) is 5.32 Å². The Morgan fingerprint density at radius 2 is 2.00 bits per heavy atom. The Hall–Kier alpha value is -1.06. The first-order chi connectivity index (χ1) is 7.38. The summed E-state index contributed by atoms with van der Waals surface area (Å²) in [5.41, 5.74) is -0.803. The summed E-state index contributed by atoms with van der Waals surface area (Å²) in [6, 6.07) is -0.228. The summed E-state index contributed by atoms with van der Waals surface area (Å²) in [6.45, 7) is 5.37. The van der Waals surface area contributed by atoms with Crippen LogP contribution in [0.4, 0.5) is 0 Å². The Morgan fingerprint density at radius 3 is 2.50 bits per heavy atom. The predicted molar refractivity (Wildman–Crippen MR) is 61.0 cm³/mol. The highest BCUT2D eigenvalue weighted by atomic mass is 16.4. The van der Waals surface area contributed by atoms with Crippen molar-refractivity contribution >= 4 is 11.9 Å². The largest absolute Gasteiger partial charge is 0.481 e. The lowest BCUT2D eigenvalue weighted by molar-refractivity contribution is -0.152. The van der Waals surface area contributed by atoms with E-state index in [1.807, 2.05) is 13.8 Å². The highest BCUT2D eigenvalue weighted by Crippen LogP contribution is 2.36. The molecule has 1 saturated carbocycles. The van der Waals surface area contributed by atoms with Crippen molar-refractivity contribution in [2.75, 3.05) is 0 Å². The molecule has 2 N–H and O–H groups in total. The second kappa shape index (κ2) is 4.85. The van der Waals surface area contributed by atoms with Crippen molar-refractivity contribution in [1.82, 2.24) is 5.32 Å². The molecule has 2 unspecified atom stereocenters. The minimum atomic E-state index is -0.804. The van der Waals surface area contributed by atoms with Crippen LogP contribution in [0, 0.1) is 11.3 Å². The fraction of sp³-hybridized carbons (Fsp3) is 0.833. The van der Waals surface area contributed by atoms with Crippen LogP contribution in [0.2, 0.25) is 0 Å². The fourth-order valence-corrected chi connectivity index (χ4v) is 2.16. The maximum absolute atomic E-state index is 11.6. The zero-order valence-electron chi connectivity index (χ0n) is 10.2. The Morgan fingerprint density at radius 1 is 1.38 bits per heavy atom. The van der Waals surface area contributed by atoms with Crippen molar-refractivity contribution in [3.8, 4) is 0 Å². The maximum Gasteiger partial charge on any atom is 0.311 e. The molecule has 0 aromatic carbocycles. The van der Waals surface area contributed by atoms with E-state index in [4.69, 9.17) is 0 Å². The molecule has 0 radical (unpaired) electrons. The first kappa shape index (κ1) is 13.0. The summed E-state index contributed by atoms with van der Waals surface area (Å²) in [5, 5.41) is 12.1. The van der Waals surface area contributed by atoms with Gasteiger partial charge in [-0.3, -0.25) is 9.59 Å². The van der Waals surface area contributed by atoms with Gasteiger partial charge in [0.25, 0.3) is 0 Å². The molecule has 0 heterocycles. The van der Waals surface area contributed by atoms with Gasteiger partial charge in [0, 0.05) is 12.0 Å². The van der Waals surface area contributed by atoms with Crippen molar-refractivity contribution < 1.29 is 14.7 Å². The molecule has 0 spiro atoms. The third-order valence-electron chi connectivity index (χ3n) is 3.54. The standard InChI is InChI=1S/C12H21NO3/c1-8(2)10(14)13-9-6-4-5-7-12(9,3)11(15)16/h8-9H,4-7H2,1-3H3,(H,13,14)(H,15,16). The average molecular weight is 227 g/mol. The summed E-state index contributed by atoms with van der Waals surface area (Å²) in [6.07, 6.45) is 3.33. The molecular weight excluding hydrogens is 206 g/mol. The predicted octanol–water partition coefficient (Wildman–Crippen LogP) is 1.79. The van der Waals surface area contributed by atoms with Gasteiger partial charge in [-0.2, -0.15) is 0 Å². The van der Waals surface area contributed by atoms with E-state index >= 15 is 0 Å². The molecule has 1 aliphatic carbocycles. The molecule has 0 saturated heterocycles. The van der Waals surface area contributed by atoms with E-state index < -0.39 is 11.4 Å². The second-order valence-electron chi connectivity index (χ2n) is 5.18. The summed E-state index contributed by atoms with van der Waals surface area (Å²) in [5.74, 6) is -0.958. The highest BCUT2D eigenvalue weighted by molar-refractivity contribution is 5.81. The van der Waals surface area contributed by atoms with Gasteiger partial charge in [-0.05, 0) is 19.8 Å². The molecular formula is C12H21NO3. The number of rotatable bonds is 3. The number of carbonyl (C=O) groups excluding carboxylic acids is 1. The number of aliphatic carboxylic acids is 1. The normalized spacial score (nSPS) is 30.1. The van der Waals surface area contributed by atoms with E-state index in [0.29, 0.717) is 6.42 Å². The molecule has 1 amide bonds. The number of hydrogen-bond donors (Lipinski definition) is 2. The smallest absolute Gasteiger partial charge is 0.311 e. The molecule has 4 nitrogen and oxygen atoms in total. The first-order valence-electron chi connectivity index (χ1n) is 5.91. The lowest BCUT2D eigenvalue weighted by atomic mass is 9.71. The molecule has 2 atom stereocenters. The van der Waals surface area contributed by atoms with Crippen molar-refractivity contribution in [3.63, 3.8) is 0 Å². The van der Waals surface area contributed by atoms with E-state index in [9.17, 15) is 14.7 Å². The molecule has 92 valence electrons. The van der Waals surface area contributed by atoms with Crippen molar-refractivity contribution in [2.45, 2.75) is 52.5 Å². The van der Waals surface area contributed by atoms with Crippen LogP contribution < -0.4 is 5.32 Å². The van der Waals surface area contributed by atoms with Crippen LogP contribution >= 0.6 is 0 Å². The van der Waals surface area contributed by atoms with E-state index in [0.717, 1.165) is 19.3 Å². The Bertz CT molecular complexity index is 288. The van der Waals surface area contributed by atoms with Crippen LogP contribution in [-0.2, 0) is 9.59 Å². The maximum atomic E-state index is 11.6. The molecule has 0 aromatic heterocycles. The minimum absolute atomic E-state index is 0.0561. The van der Waals surface area contributed by atoms with Gasteiger partial charge in [0.2, 0.25) is 5.91 Å². The van der Waals surface area contributed by atoms with Crippen molar-refractivity contribution in [3.05, 3.63) is 0 Å². The monoisotopic (exact) mass is 227 g/mol. The zero-order chi connectivity index (χ0) is 12.3. The average Bonchev–Trinajstić information content (AvgIpc) is 2.21. The van der Waals surface area contributed by atoms with Gasteiger partial charge < -0.3 is 10.4 Å². The van der Waals surface area contributed by atoms with Crippen molar-refractivity contribution in [2.24, 2.45) is 11.3 Å². The van der Waals surface area contributed by atoms with E-state index in [1.165, 1.54) is 0 Å². The highest BCUT2D eigenvalue weighted by Gasteiger charge is 2.43. The number of carboxylic acids is 1. The van der Waals surface area contributed by atoms with Gasteiger partial charge in [-0.15, -0.1) is 0 Å². The van der Waals surface area contributed by atoms with Crippen LogP contribution in [0.3, 0.4) is 0 Å². The molecule has 0 bridgehead atoms. The molecule has 0 aromatic rings. The van der Waals surface area contributed by atoms with Crippen LogP contribution in [0.5, 0.6) is 0 Å². The number of amides is 1. The molecule has 4 heteroatoms. The van der Waals surface area contributed by atoms with Crippen LogP contribution in [0.1, 0.15) is 46.5 Å². The molecule has 0 aliphatic heterocycles. The number of nitrogens with one attached hydrogen (secondary N) is 1. The summed E-state index contributed by atoms with van der Waals surface area (Å²) >= 11 is 0. The van der Waals surface area contributed by atoms with Gasteiger partial charge in [0.1, 0.15) is 0 Å². The van der Waals surface area contributed by atoms with Gasteiger partial charge in [0.05, 0.1) is 5.41 Å². The first-order valence-corrected chi connectivity index (χ1v) is 5.91. The quantitative estimate of drug-likeness (QED) is 0.772. The molecule has 16 heavy (non-hydrogen) atoms. The topological polar surface area (TPSA) is 66.4 Å². The Labute approximate surface area is 96.4 Å². The summed E-state index contributed by atoms with van der Waals surface area (Å²) in [7, 11) is 0. The Kier molecular flexibility index (Phi) is 3.94. The lowest BCUT2D eigenvalue weighted by Gasteiger charge is -2.38.